The Kier molecular flexibility index (Phi) is 5.66. The predicted molar refractivity (Wildman–Crippen MR) is 110 cm³/mol. The van der Waals surface area contributed by atoms with Crippen molar-refractivity contribution in [1.82, 2.24) is 5.32 Å². The number of nitrogens with one attached hydrogen (secondary N) is 1. The fourth-order valence-electron chi connectivity index (χ4n) is 2.59. The summed E-state index contributed by atoms with van der Waals surface area (Å²) in [6.45, 7) is 0.118. The van der Waals surface area contributed by atoms with Gasteiger partial charge in [-0.3, -0.25) is 4.79 Å². The maximum atomic E-state index is 12.7. The summed E-state index contributed by atoms with van der Waals surface area (Å²) in [5, 5.41) is 2.60. The Morgan fingerprint density at radius 2 is 2.00 bits per heavy atom. The Morgan fingerprint density at radius 3 is 2.67 bits per heavy atom. The smallest absolute Gasteiger partial charge is 0.333 e. The van der Waals surface area contributed by atoms with Crippen LogP contribution in [0.3, 0.4) is 0 Å². The number of hydrogen-bond donors (Lipinski definition) is 1. The van der Waals surface area contributed by atoms with E-state index in [2.05, 4.69) is 33.8 Å². The summed E-state index contributed by atoms with van der Waals surface area (Å²) >= 11 is 2.10. The Morgan fingerprint density at radius 1 is 1.26 bits per heavy atom. The normalized spacial score (nSPS) is 14.9. The van der Waals surface area contributed by atoms with E-state index in [0.717, 1.165) is 8.47 Å². The second-order valence-electron chi connectivity index (χ2n) is 5.49. The average molecular weight is 474 g/mol. The van der Waals surface area contributed by atoms with Crippen molar-refractivity contribution in [2.45, 2.75) is 0 Å². The molecular formula is C20H15IN2O4. The van der Waals surface area contributed by atoms with E-state index in [1.165, 1.54) is 7.11 Å². The number of anilines is 1. The van der Waals surface area contributed by atoms with Crippen molar-refractivity contribution in [3.05, 3.63) is 57.3 Å². The molecule has 0 saturated carbocycles. The molecule has 0 unspecified atom stereocenters. The highest BCUT2D eigenvalue weighted by atomic mass is 127. The lowest BCUT2D eigenvalue weighted by Crippen LogP contribution is -2.30. The molecule has 2 aromatic rings. The highest BCUT2D eigenvalue weighted by Gasteiger charge is 2.34. The fourth-order valence-corrected chi connectivity index (χ4v) is 3.37. The molecule has 0 aliphatic carbocycles. The Labute approximate surface area is 170 Å². The first-order valence-corrected chi connectivity index (χ1v) is 8.99. The molecule has 3 rings (SSSR count). The zero-order chi connectivity index (χ0) is 19.4. The van der Waals surface area contributed by atoms with E-state index < -0.39 is 11.9 Å². The van der Waals surface area contributed by atoms with Crippen LogP contribution in [0.4, 0.5) is 10.5 Å². The van der Waals surface area contributed by atoms with Gasteiger partial charge < -0.3 is 14.8 Å². The molecule has 1 aliphatic heterocycles. The maximum absolute atomic E-state index is 12.7. The summed E-state index contributed by atoms with van der Waals surface area (Å²) in [5.41, 5.74) is 1.37. The lowest BCUT2D eigenvalue weighted by atomic mass is 10.1. The standard InChI is InChI=1S/C20H15IN2O4/c1-3-9-27-18-15(21)10-13(12-17(18)26-2)11-16-19(24)23(20(25)22-16)14-7-5-4-6-8-14/h1,4-8,10-12H,9H2,2H3,(H,22,25)/b16-11+. The van der Waals surface area contributed by atoms with Gasteiger partial charge in [-0.1, -0.05) is 24.1 Å². The molecule has 6 nitrogen and oxygen atoms in total. The zero-order valence-corrected chi connectivity index (χ0v) is 16.5. The lowest BCUT2D eigenvalue weighted by Gasteiger charge is -2.12. The van der Waals surface area contributed by atoms with Crippen molar-refractivity contribution in [3.8, 4) is 23.8 Å². The van der Waals surface area contributed by atoms with Crippen LogP contribution in [0, 0.1) is 15.9 Å². The molecule has 1 aliphatic rings. The largest absolute Gasteiger partial charge is 0.493 e. The molecule has 2 aromatic carbocycles. The number of amides is 3. The molecule has 136 valence electrons. The minimum atomic E-state index is -0.493. The Balaban J connectivity index is 1.93. The predicted octanol–water partition coefficient (Wildman–Crippen LogP) is 3.41. The number of benzene rings is 2. The molecule has 0 aromatic heterocycles. The van der Waals surface area contributed by atoms with Crippen LogP contribution < -0.4 is 19.7 Å². The quantitative estimate of drug-likeness (QED) is 0.312. The van der Waals surface area contributed by atoms with Crippen molar-refractivity contribution in [2.24, 2.45) is 0 Å². The van der Waals surface area contributed by atoms with Crippen LogP contribution in [-0.2, 0) is 4.79 Å². The van der Waals surface area contributed by atoms with Crippen LogP contribution >= 0.6 is 22.6 Å². The monoisotopic (exact) mass is 474 g/mol. The Bertz CT molecular complexity index is 964. The highest BCUT2D eigenvalue weighted by Crippen LogP contribution is 2.35. The molecule has 1 saturated heterocycles. The molecule has 0 radical (unpaired) electrons. The number of rotatable bonds is 5. The molecule has 1 fully saturated rings. The number of imide groups is 1. The molecule has 0 bridgehead atoms. The molecule has 27 heavy (non-hydrogen) atoms. The van der Waals surface area contributed by atoms with Crippen LogP contribution in [0.1, 0.15) is 5.56 Å². The van der Waals surface area contributed by atoms with Crippen LogP contribution in [0.15, 0.2) is 48.2 Å². The summed E-state index contributed by atoms with van der Waals surface area (Å²) in [5.74, 6) is 3.01. The number of urea groups is 1. The number of methoxy groups -OCH3 is 1. The van der Waals surface area contributed by atoms with E-state index in [9.17, 15) is 9.59 Å². The number of ether oxygens (including phenoxy) is 2. The molecule has 1 heterocycles. The molecule has 0 atom stereocenters. The summed E-state index contributed by atoms with van der Waals surface area (Å²) in [7, 11) is 1.52. The second kappa shape index (κ2) is 8.14. The van der Waals surface area contributed by atoms with E-state index in [1.54, 1.807) is 36.4 Å². The van der Waals surface area contributed by atoms with Crippen LogP contribution in [0.25, 0.3) is 6.08 Å². The molecule has 1 N–H and O–H groups in total. The van der Waals surface area contributed by atoms with Gasteiger partial charge in [0.25, 0.3) is 5.91 Å². The number of carbonyl (C=O) groups is 2. The van der Waals surface area contributed by atoms with Gasteiger partial charge >= 0.3 is 6.03 Å². The van der Waals surface area contributed by atoms with Gasteiger partial charge in [0.15, 0.2) is 11.5 Å². The number of terminal acetylenes is 1. The van der Waals surface area contributed by atoms with Gasteiger partial charge in [0.2, 0.25) is 0 Å². The van der Waals surface area contributed by atoms with Crippen molar-refractivity contribution < 1.29 is 19.1 Å². The average Bonchev–Trinajstić information content (AvgIpc) is 2.94. The van der Waals surface area contributed by atoms with Gasteiger partial charge in [0.05, 0.1) is 16.4 Å². The van der Waals surface area contributed by atoms with Gasteiger partial charge in [0, 0.05) is 0 Å². The molecule has 0 spiro atoms. The van der Waals surface area contributed by atoms with E-state index in [4.69, 9.17) is 15.9 Å². The first kappa shape index (κ1) is 18.8. The summed E-state index contributed by atoms with van der Waals surface area (Å²) in [6.07, 6.45) is 6.83. The topological polar surface area (TPSA) is 67.9 Å². The minimum absolute atomic E-state index is 0.118. The molecular weight excluding hydrogens is 459 g/mol. The number of hydrogen-bond acceptors (Lipinski definition) is 4. The van der Waals surface area contributed by atoms with Gasteiger partial charge in [-0.15, -0.1) is 6.42 Å². The van der Waals surface area contributed by atoms with Crippen molar-refractivity contribution in [3.63, 3.8) is 0 Å². The summed E-state index contributed by atoms with van der Waals surface area (Å²) in [6, 6.07) is 11.8. The third-order valence-corrected chi connectivity index (χ3v) is 4.56. The molecule has 7 heteroatoms. The maximum Gasteiger partial charge on any atom is 0.333 e. The number of nitrogens with zero attached hydrogens (tertiary/aromatic N) is 1. The van der Waals surface area contributed by atoms with E-state index >= 15 is 0 Å². The van der Waals surface area contributed by atoms with Crippen LogP contribution in [0.2, 0.25) is 0 Å². The second-order valence-corrected chi connectivity index (χ2v) is 6.65. The molecule has 3 amide bonds. The lowest BCUT2D eigenvalue weighted by molar-refractivity contribution is -0.113. The number of para-hydroxylation sites is 1. The minimum Gasteiger partial charge on any atom is -0.493 e. The van der Waals surface area contributed by atoms with Gasteiger partial charge in [-0.25, -0.2) is 9.69 Å². The van der Waals surface area contributed by atoms with E-state index in [0.29, 0.717) is 22.7 Å². The number of carbonyl (C=O) groups excluding carboxylic acids is 2. The van der Waals surface area contributed by atoms with Gasteiger partial charge in [-0.2, -0.15) is 0 Å². The first-order valence-electron chi connectivity index (χ1n) is 7.91. The number of halogens is 1. The Hall–Kier alpha value is -2.99. The SMILES string of the molecule is C#CCOc1c(I)cc(/C=C2/NC(=O)N(c3ccccc3)C2=O)cc1OC. The summed E-state index contributed by atoms with van der Waals surface area (Å²) in [4.78, 5) is 26.0. The van der Waals surface area contributed by atoms with Crippen molar-refractivity contribution >= 4 is 46.3 Å². The third-order valence-electron chi connectivity index (χ3n) is 3.76. The zero-order valence-electron chi connectivity index (χ0n) is 14.4. The fraction of sp³-hybridized carbons (Fsp3) is 0.100. The van der Waals surface area contributed by atoms with Crippen molar-refractivity contribution in [2.75, 3.05) is 18.6 Å². The van der Waals surface area contributed by atoms with E-state index in [-0.39, 0.29) is 12.3 Å². The van der Waals surface area contributed by atoms with Crippen molar-refractivity contribution in [1.29, 1.82) is 0 Å². The van der Waals surface area contributed by atoms with Gasteiger partial charge in [0.1, 0.15) is 12.3 Å². The third kappa shape index (κ3) is 3.90. The summed E-state index contributed by atoms with van der Waals surface area (Å²) < 4.78 is 11.6. The van der Waals surface area contributed by atoms with Gasteiger partial charge in [-0.05, 0) is 58.5 Å². The van der Waals surface area contributed by atoms with E-state index in [1.807, 2.05) is 12.1 Å². The highest BCUT2D eigenvalue weighted by molar-refractivity contribution is 14.1. The first-order chi connectivity index (χ1) is 13.0. The van der Waals surface area contributed by atoms with Crippen LogP contribution in [0.5, 0.6) is 11.5 Å². The van der Waals surface area contributed by atoms with Crippen LogP contribution in [-0.4, -0.2) is 25.7 Å².